The summed E-state index contributed by atoms with van der Waals surface area (Å²) in [5.41, 5.74) is 5.29. The topological polar surface area (TPSA) is 76.7 Å². The first-order valence-corrected chi connectivity index (χ1v) is 8.41. The third kappa shape index (κ3) is 6.47. The molecule has 0 fully saturated rings. The monoisotopic (exact) mass is 372 g/mol. The lowest BCUT2D eigenvalue weighted by atomic mass is 10.2. The van der Waals surface area contributed by atoms with Crippen LogP contribution in [0.2, 0.25) is 0 Å². The molecule has 0 spiro atoms. The molecule has 2 rings (SSSR count). The number of amides is 2. The maximum Gasteiger partial charge on any atom is 0.279 e. The summed E-state index contributed by atoms with van der Waals surface area (Å²) in [7, 11) is 0. The van der Waals surface area contributed by atoms with Gasteiger partial charge in [0, 0.05) is 11.6 Å². The van der Waals surface area contributed by atoms with Gasteiger partial charge in [0.15, 0.2) is 6.10 Å². The molecule has 1 atom stereocenters. The maximum absolute atomic E-state index is 12.9. The van der Waals surface area contributed by atoms with Crippen molar-refractivity contribution < 1.29 is 23.5 Å². The maximum atomic E-state index is 12.9. The summed E-state index contributed by atoms with van der Waals surface area (Å²) < 4.78 is 23.7. The van der Waals surface area contributed by atoms with Gasteiger partial charge in [-0.3, -0.25) is 20.4 Å². The fourth-order valence-electron chi connectivity index (χ4n) is 2.11. The van der Waals surface area contributed by atoms with Crippen LogP contribution in [0.15, 0.2) is 54.6 Å². The van der Waals surface area contributed by atoms with E-state index in [1.807, 2.05) is 25.1 Å². The second kappa shape index (κ2) is 9.96. The van der Waals surface area contributed by atoms with Crippen molar-refractivity contribution in [1.29, 1.82) is 0 Å². The Balaban J connectivity index is 1.83. The Bertz CT molecular complexity index is 806. The molecule has 142 valence electrons. The van der Waals surface area contributed by atoms with Gasteiger partial charge in [0.25, 0.3) is 11.8 Å². The zero-order valence-corrected chi connectivity index (χ0v) is 15.1. The summed E-state index contributed by atoms with van der Waals surface area (Å²) in [5.74, 6) is -0.448. The van der Waals surface area contributed by atoms with Gasteiger partial charge in [0.05, 0.1) is 6.61 Å². The van der Waals surface area contributed by atoms with E-state index in [2.05, 4.69) is 10.9 Å². The third-order valence-electron chi connectivity index (χ3n) is 3.44. The molecule has 6 nitrogen and oxygen atoms in total. The van der Waals surface area contributed by atoms with Gasteiger partial charge in [0.1, 0.15) is 17.3 Å². The number of halogens is 1. The SMILES string of the molecule is CCOc1ccccc1/C=C/C(=O)NNC(=O)[C@H](C)Oc1ccc(F)cc1. The second-order valence-corrected chi connectivity index (χ2v) is 5.50. The highest BCUT2D eigenvalue weighted by Gasteiger charge is 2.15. The number of rotatable bonds is 7. The van der Waals surface area contributed by atoms with Gasteiger partial charge in [-0.1, -0.05) is 18.2 Å². The summed E-state index contributed by atoms with van der Waals surface area (Å²) in [4.78, 5) is 23.8. The van der Waals surface area contributed by atoms with Gasteiger partial charge >= 0.3 is 0 Å². The first-order chi connectivity index (χ1) is 13.0. The summed E-state index contributed by atoms with van der Waals surface area (Å²) in [6.07, 6.45) is 1.99. The van der Waals surface area contributed by atoms with E-state index >= 15 is 0 Å². The average molecular weight is 372 g/mol. The zero-order chi connectivity index (χ0) is 19.6. The molecule has 0 unspecified atom stereocenters. The number of nitrogens with one attached hydrogen (secondary N) is 2. The van der Waals surface area contributed by atoms with Gasteiger partial charge in [-0.2, -0.15) is 0 Å². The van der Waals surface area contributed by atoms with Crippen LogP contribution >= 0.6 is 0 Å². The third-order valence-corrected chi connectivity index (χ3v) is 3.44. The quantitative estimate of drug-likeness (QED) is 0.579. The van der Waals surface area contributed by atoms with Crippen LogP contribution in [0, 0.1) is 5.82 Å². The van der Waals surface area contributed by atoms with Gasteiger partial charge in [-0.05, 0) is 50.3 Å². The lowest BCUT2D eigenvalue weighted by molar-refractivity contribution is -0.131. The molecule has 0 heterocycles. The molecule has 0 saturated heterocycles. The Labute approximate surface area is 157 Å². The number of para-hydroxylation sites is 1. The molecule has 2 N–H and O–H groups in total. The summed E-state index contributed by atoms with van der Waals surface area (Å²) in [5, 5.41) is 0. The van der Waals surface area contributed by atoms with Crippen LogP contribution in [-0.2, 0) is 9.59 Å². The summed E-state index contributed by atoms with van der Waals surface area (Å²) >= 11 is 0. The van der Waals surface area contributed by atoms with Crippen molar-refractivity contribution >= 4 is 17.9 Å². The van der Waals surface area contributed by atoms with E-state index in [1.54, 1.807) is 12.1 Å². The van der Waals surface area contributed by atoms with E-state index in [0.717, 1.165) is 5.56 Å². The lowest BCUT2D eigenvalue weighted by Crippen LogP contribution is -2.46. The molecule has 0 aliphatic carbocycles. The van der Waals surface area contributed by atoms with Crippen LogP contribution in [-0.4, -0.2) is 24.5 Å². The smallest absolute Gasteiger partial charge is 0.279 e. The van der Waals surface area contributed by atoms with Crippen molar-refractivity contribution in [3.8, 4) is 11.5 Å². The molecule has 2 aromatic rings. The predicted octanol–water partition coefficient (Wildman–Crippen LogP) is 2.85. The molecule has 0 saturated carbocycles. The van der Waals surface area contributed by atoms with Crippen molar-refractivity contribution in [1.82, 2.24) is 10.9 Å². The number of hydrogen-bond donors (Lipinski definition) is 2. The van der Waals surface area contributed by atoms with Gasteiger partial charge in [-0.25, -0.2) is 4.39 Å². The number of hydrogen-bond acceptors (Lipinski definition) is 4. The molecule has 27 heavy (non-hydrogen) atoms. The van der Waals surface area contributed by atoms with Crippen molar-refractivity contribution in [3.05, 3.63) is 66.0 Å². The molecule has 2 amide bonds. The number of carbonyl (C=O) groups excluding carboxylic acids is 2. The Hall–Kier alpha value is -3.35. The predicted molar refractivity (Wildman–Crippen MR) is 99.4 cm³/mol. The standard InChI is InChI=1S/C20H21FN2O4/c1-3-26-18-7-5-4-6-15(18)8-13-19(24)22-23-20(25)14(2)27-17-11-9-16(21)10-12-17/h4-14H,3H2,1-2H3,(H,22,24)(H,23,25)/b13-8+/t14-/m0/s1. The minimum absolute atomic E-state index is 0.345. The van der Waals surface area contributed by atoms with Crippen molar-refractivity contribution in [2.24, 2.45) is 0 Å². The fraction of sp³-hybridized carbons (Fsp3) is 0.200. The van der Waals surface area contributed by atoms with Crippen LogP contribution in [0.3, 0.4) is 0 Å². The van der Waals surface area contributed by atoms with E-state index < -0.39 is 23.7 Å². The Morgan fingerprint density at radius 2 is 1.81 bits per heavy atom. The van der Waals surface area contributed by atoms with Crippen LogP contribution in [0.4, 0.5) is 4.39 Å². The minimum Gasteiger partial charge on any atom is -0.493 e. The van der Waals surface area contributed by atoms with E-state index in [1.165, 1.54) is 37.3 Å². The zero-order valence-electron chi connectivity index (χ0n) is 15.1. The molecule has 2 aromatic carbocycles. The van der Waals surface area contributed by atoms with Crippen LogP contribution in [0.25, 0.3) is 6.08 Å². The van der Waals surface area contributed by atoms with Gasteiger partial charge in [-0.15, -0.1) is 0 Å². The molecular formula is C20H21FN2O4. The first-order valence-electron chi connectivity index (χ1n) is 8.41. The molecule has 0 aliphatic rings. The van der Waals surface area contributed by atoms with E-state index in [-0.39, 0.29) is 0 Å². The highest BCUT2D eigenvalue weighted by Crippen LogP contribution is 2.19. The van der Waals surface area contributed by atoms with Crippen molar-refractivity contribution in [3.63, 3.8) is 0 Å². The molecule has 0 radical (unpaired) electrons. The van der Waals surface area contributed by atoms with Crippen molar-refractivity contribution in [2.75, 3.05) is 6.61 Å². The normalized spacial score (nSPS) is 11.7. The number of hydrazine groups is 1. The Morgan fingerprint density at radius 1 is 1.11 bits per heavy atom. The van der Waals surface area contributed by atoms with E-state index in [0.29, 0.717) is 18.1 Å². The Kier molecular flexibility index (Phi) is 7.37. The summed E-state index contributed by atoms with van der Waals surface area (Å²) in [6, 6.07) is 12.6. The average Bonchev–Trinajstić information content (AvgIpc) is 2.67. The molecular weight excluding hydrogens is 351 g/mol. The lowest BCUT2D eigenvalue weighted by Gasteiger charge is -2.14. The van der Waals surface area contributed by atoms with Crippen molar-refractivity contribution in [2.45, 2.75) is 20.0 Å². The number of benzene rings is 2. The molecule has 7 heteroatoms. The number of carbonyl (C=O) groups is 2. The van der Waals surface area contributed by atoms with E-state index in [4.69, 9.17) is 9.47 Å². The van der Waals surface area contributed by atoms with Gasteiger partial charge in [0.2, 0.25) is 0 Å². The second-order valence-electron chi connectivity index (χ2n) is 5.50. The highest BCUT2D eigenvalue weighted by atomic mass is 19.1. The van der Waals surface area contributed by atoms with Gasteiger partial charge < -0.3 is 9.47 Å². The number of ether oxygens (including phenoxy) is 2. The largest absolute Gasteiger partial charge is 0.493 e. The minimum atomic E-state index is -0.876. The van der Waals surface area contributed by atoms with Crippen LogP contribution in [0.5, 0.6) is 11.5 Å². The fourth-order valence-corrected chi connectivity index (χ4v) is 2.11. The first kappa shape index (κ1) is 20.0. The molecule has 0 aromatic heterocycles. The van der Waals surface area contributed by atoms with E-state index in [9.17, 15) is 14.0 Å². The van der Waals surface area contributed by atoms with Crippen LogP contribution in [0.1, 0.15) is 19.4 Å². The summed E-state index contributed by atoms with van der Waals surface area (Å²) in [6.45, 7) is 3.90. The molecule has 0 bridgehead atoms. The molecule has 0 aliphatic heterocycles. The van der Waals surface area contributed by atoms with Crippen LogP contribution < -0.4 is 20.3 Å². The Morgan fingerprint density at radius 3 is 2.52 bits per heavy atom. The highest BCUT2D eigenvalue weighted by molar-refractivity contribution is 5.93.